The molecule has 0 fully saturated rings. The lowest BCUT2D eigenvalue weighted by molar-refractivity contribution is 0.981. The van der Waals surface area contributed by atoms with Crippen LogP contribution in [0.4, 0.5) is 17.5 Å². The first-order valence-electron chi connectivity index (χ1n) is 9.72. The van der Waals surface area contributed by atoms with Gasteiger partial charge in [0.2, 0.25) is 5.95 Å². The third-order valence-corrected chi connectivity index (χ3v) is 4.87. The van der Waals surface area contributed by atoms with Crippen LogP contribution in [0.15, 0.2) is 60.8 Å². The average molecular weight is 371 g/mol. The Morgan fingerprint density at radius 3 is 2.68 bits per heavy atom. The highest BCUT2D eigenvalue weighted by Gasteiger charge is 2.06. The van der Waals surface area contributed by atoms with Crippen molar-refractivity contribution in [3.8, 4) is 0 Å². The average Bonchev–Trinajstić information content (AvgIpc) is 3.11. The van der Waals surface area contributed by atoms with E-state index < -0.39 is 0 Å². The summed E-state index contributed by atoms with van der Waals surface area (Å²) >= 11 is 0. The van der Waals surface area contributed by atoms with E-state index in [9.17, 15) is 0 Å². The molecule has 0 unspecified atom stereocenters. The van der Waals surface area contributed by atoms with Crippen molar-refractivity contribution in [3.63, 3.8) is 0 Å². The summed E-state index contributed by atoms with van der Waals surface area (Å²) < 4.78 is 0. The van der Waals surface area contributed by atoms with Gasteiger partial charge in [-0.05, 0) is 43.0 Å². The minimum Gasteiger partial charge on any atom is -0.361 e. The molecule has 0 radical (unpaired) electrons. The van der Waals surface area contributed by atoms with Gasteiger partial charge in [0.05, 0.1) is 0 Å². The molecule has 0 aliphatic carbocycles. The summed E-state index contributed by atoms with van der Waals surface area (Å²) in [6.07, 6.45) is 3.96. The first kappa shape index (κ1) is 18.0. The van der Waals surface area contributed by atoms with Crippen molar-refractivity contribution in [1.82, 2.24) is 15.0 Å². The Balaban J connectivity index is 1.45. The van der Waals surface area contributed by atoms with Crippen LogP contribution in [0.3, 0.4) is 0 Å². The Labute approximate surface area is 165 Å². The lowest BCUT2D eigenvalue weighted by Crippen LogP contribution is -2.09. The van der Waals surface area contributed by atoms with Crippen molar-refractivity contribution in [2.24, 2.45) is 0 Å². The molecule has 0 amide bonds. The third-order valence-electron chi connectivity index (χ3n) is 4.87. The maximum absolute atomic E-state index is 4.64. The largest absolute Gasteiger partial charge is 0.361 e. The highest BCUT2D eigenvalue weighted by Crippen LogP contribution is 2.22. The van der Waals surface area contributed by atoms with E-state index in [1.807, 2.05) is 25.1 Å². The van der Waals surface area contributed by atoms with Gasteiger partial charge in [-0.25, -0.2) is 4.98 Å². The minimum absolute atomic E-state index is 0.649. The molecule has 5 heteroatoms. The van der Waals surface area contributed by atoms with Crippen LogP contribution >= 0.6 is 0 Å². The van der Waals surface area contributed by atoms with Gasteiger partial charge >= 0.3 is 0 Å². The number of benzene rings is 2. The number of nitrogens with zero attached hydrogens (tertiary/aromatic N) is 2. The molecule has 2 aromatic heterocycles. The monoisotopic (exact) mass is 371 g/mol. The summed E-state index contributed by atoms with van der Waals surface area (Å²) in [5.41, 5.74) is 5.76. The zero-order valence-electron chi connectivity index (χ0n) is 16.3. The summed E-state index contributed by atoms with van der Waals surface area (Å²) in [4.78, 5) is 12.5. The smallest absolute Gasteiger partial charge is 0.224 e. The predicted molar refractivity (Wildman–Crippen MR) is 116 cm³/mol. The number of rotatable bonds is 7. The van der Waals surface area contributed by atoms with Gasteiger partial charge in [-0.15, -0.1) is 0 Å². The molecule has 28 heavy (non-hydrogen) atoms. The van der Waals surface area contributed by atoms with E-state index >= 15 is 0 Å². The second-order valence-electron chi connectivity index (χ2n) is 6.89. The van der Waals surface area contributed by atoms with E-state index in [0.717, 1.165) is 36.6 Å². The molecule has 0 spiro atoms. The number of anilines is 3. The molecule has 0 saturated carbocycles. The number of hydrogen-bond acceptors (Lipinski definition) is 4. The number of nitrogens with one attached hydrogen (secondary N) is 3. The molecule has 2 aromatic carbocycles. The number of H-pyrrole nitrogens is 1. The van der Waals surface area contributed by atoms with E-state index in [1.165, 1.54) is 22.0 Å². The SMILES string of the molecule is CCc1ccccc1Nc1cc(C)nc(NCCc2c[nH]c3ccccc23)n1. The summed E-state index contributed by atoms with van der Waals surface area (Å²) in [7, 11) is 0. The van der Waals surface area contributed by atoms with E-state index in [-0.39, 0.29) is 0 Å². The second kappa shape index (κ2) is 8.13. The molecule has 3 N–H and O–H groups in total. The van der Waals surface area contributed by atoms with Gasteiger partial charge in [0.25, 0.3) is 0 Å². The van der Waals surface area contributed by atoms with Gasteiger partial charge in [-0.1, -0.05) is 43.3 Å². The highest BCUT2D eigenvalue weighted by atomic mass is 15.1. The second-order valence-corrected chi connectivity index (χ2v) is 6.89. The van der Waals surface area contributed by atoms with E-state index in [0.29, 0.717) is 5.95 Å². The molecule has 0 saturated heterocycles. The van der Waals surface area contributed by atoms with Gasteiger partial charge in [0, 0.05) is 41.1 Å². The number of aromatic amines is 1. The molecule has 0 bridgehead atoms. The molecule has 0 atom stereocenters. The van der Waals surface area contributed by atoms with Gasteiger partial charge in [0.1, 0.15) is 5.82 Å². The van der Waals surface area contributed by atoms with Crippen LogP contribution in [0.5, 0.6) is 0 Å². The van der Waals surface area contributed by atoms with E-state index in [4.69, 9.17) is 0 Å². The first-order valence-corrected chi connectivity index (χ1v) is 9.72. The molecule has 142 valence electrons. The molecule has 0 aliphatic rings. The molecule has 0 aliphatic heterocycles. The fraction of sp³-hybridized carbons (Fsp3) is 0.217. The van der Waals surface area contributed by atoms with Crippen molar-refractivity contribution < 1.29 is 0 Å². The fourth-order valence-electron chi connectivity index (χ4n) is 3.45. The Hall–Kier alpha value is -3.34. The van der Waals surface area contributed by atoms with Crippen molar-refractivity contribution in [3.05, 3.63) is 77.6 Å². The van der Waals surface area contributed by atoms with Crippen LogP contribution in [0.2, 0.25) is 0 Å². The van der Waals surface area contributed by atoms with E-state index in [2.05, 4.69) is 75.1 Å². The quantitative estimate of drug-likeness (QED) is 0.416. The maximum atomic E-state index is 4.64. The van der Waals surface area contributed by atoms with Crippen molar-refractivity contribution >= 4 is 28.4 Å². The van der Waals surface area contributed by atoms with Crippen molar-refractivity contribution in [2.45, 2.75) is 26.7 Å². The standard InChI is InChI=1S/C23H25N5/c1-3-17-8-4-6-10-20(17)27-22-14-16(2)26-23(28-22)24-13-12-18-15-25-21-11-7-5-9-19(18)21/h4-11,14-15,25H,3,12-13H2,1-2H3,(H2,24,26,27,28). The van der Waals surface area contributed by atoms with Gasteiger partial charge < -0.3 is 15.6 Å². The Morgan fingerprint density at radius 2 is 1.79 bits per heavy atom. The third kappa shape index (κ3) is 3.98. The van der Waals surface area contributed by atoms with Crippen LogP contribution < -0.4 is 10.6 Å². The summed E-state index contributed by atoms with van der Waals surface area (Å²) in [6.45, 7) is 4.92. The maximum Gasteiger partial charge on any atom is 0.224 e. The molecular formula is C23H25N5. The van der Waals surface area contributed by atoms with E-state index in [1.54, 1.807) is 0 Å². The number of aryl methyl sites for hydroxylation is 2. The van der Waals surface area contributed by atoms with Gasteiger partial charge in [-0.3, -0.25) is 0 Å². The summed E-state index contributed by atoms with van der Waals surface area (Å²) in [5, 5.41) is 8.08. The molecule has 4 rings (SSSR count). The van der Waals surface area contributed by atoms with Crippen molar-refractivity contribution in [2.75, 3.05) is 17.2 Å². The molecule has 4 aromatic rings. The molecule has 5 nitrogen and oxygen atoms in total. The van der Waals surface area contributed by atoms with Crippen molar-refractivity contribution in [1.29, 1.82) is 0 Å². The van der Waals surface area contributed by atoms with Crippen LogP contribution in [0, 0.1) is 6.92 Å². The van der Waals surface area contributed by atoms with Crippen LogP contribution in [-0.4, -0.2) is 21.5 Å². The van der Waals surface area contributed by atoms with Crippen LogP contribution in [0.1, 0.15) is 23.7 Å². The Bertz CT molecular complexity index is 1080. The molecule has 2 heterocycles. The first-order chi connectivity index (χ1) is 13.7. The van der Waals surface area contributed by atoms with Crippen LogP contribution in [0.25, 0.3) is 10.9 Å². The molecular weight excluding hydrogens is 346 g/mol. The fourth-order valence-corrected chi connectivity index (χ4v) is 3.45. The predicted octanol–water partition coefficient (Wildman–Crippen LogP) is 5.23. The normalized spacial score (nSPS) is 10.9. The summed E-state index contributed by atoms with van der Waals surface area (Å²) in [6, 6.07) is 18.7. The number of fused-ring (bicyclic) bond motifs is 1. The Kier molecular flexibility index (Phi) is 5.24. The zero-order chi connectivity index (χ0) is 19.3. The zero-order valence-corrected chi connectivity index (χ0v) is 16.3. The number of para-hydroxylation sites is 2. The van der Waals surface area contributed by atoms with Crippen LogP contribution in [-0.2, 0) is 12.8 Å². The Morgan fingerprint density at radius 1 is 0.964 bits per heavy atom. The lowest BCUT2D eigenvalue weighted by Gasteiger charge is -2.12. The topological polar surface area (TPSA) is 65.6 Å². The van der Waals surface area contributed by atoms with Gasteiger partial charge in [-0.2, -0.15) is 4.98 Å². The highest BCUT2D eigenvalue weighted by molar-refractivity contribution is 5.83. The minimum atomic E-state index is 0.649. The number of aromatic nitrogens is 3. The number of hydrogen-bond donors (Lipinski definition) is 3. The van der Waals surface area contributed by atoms with Gasteiger partial charge in [0.15, 0.2) is 0 Å². The lowest BCUT2D eigenvalue weighted by atomic mass is 10.1. The summed E-state index contributed by atoms with van der Waals surface area (Å²) in [5.74, 6) is 1.46.